The third-order valence-electron chi connectivity index (χ3n) is 5.64. The normalized spacial score (nSPS) is 14.9. The van der Waals surface area contributed by atoms with Crippen molar-refractivity contribution in [3.63, 3.8) is 0 Å². The first-order valence-corrected chi connectivity index (χ1v) is 10.3. The second-order valence-electron chi connectivity index (χ2n) is 8.08. The van der Waals surface area contributed by atoms with Gasteiger partial charge in [0.1, 0.15) is 5.75 Å². The number of nitrogens with two attached hydrogens (primary N) is 1. The Hall–Kier alpha value is -2.87. The predicted octanol–water partition coefficient (Wildman–Crippen LogP) is 1.44. The number of carbonyl (C=O) groups excluding carboxylic acids is 2. The summed E-state index contributed by atoms with van der Waals surface area (Å²) < 4.78 is 6.81. The first-order valence-electron chi connectivity index (χ1n) is 10.3. The van der Waals surface area contributed by atoms with Crippen LogP contribution in [0.3, 0.4) is 0 Å². The van der Waals surface area contributed by atoms with Gasteiger partial charge in [0.25, 0.3) is 5.91 Å². The molecule has 0 saturated carbocycles. The van der Waals surface area contributed by atoms with E-state index >= 15 is 0 Å². The molecule has 30 heavy (non-hydrogen) atoms. The maximum absolute atomic E-state index is 12.7. The van der Waals surface area contributed by atoms with Crippen LogP contribution < -0.4 is 10.5 Å². The van der Waals surface area contributed by atoms with Gasteiger partial charge >= 0.3 is 0 Å². The van der Waals surface area contributed by atoms with Gasteiger partial charge in [-0.1, -0.05) is 12.1 Å². The third-order valence-corrected chi connectivity index (χ3v) is 5.64. The van der Waals surface area contributed by atoms with Gasteiger partial charge in [-0.2, -0.15) is 5.10 Å². The topological polar surface area (TPSA) is 93.7 Å². The maximum Gasteiger partial charge on any atom is 0.252 e. The van der Waals surface area contributed by atoms with E-state index in [4.69, 9.17) is 10.5 Å². The van der Waals surface area contributed by atoms with Gasteiger partial charge in [-0.05, 0) is 49.9 Å². The number of benzene rings is 1. The van der Waals surface area contributed by atoms with Gasteiger partial charge in [-0.25, -0.2) is 0 Å². The molecule has 0 atom stereocenters. The number of primary amides is 1. The molecule has 1 aromatic heterocycles. The Kier molecular flexibility index (Phi) is 7.10. The van der Waals surface area contributed by atoms with E-state index in [0.717, 1.165) is 49.4 Å². The number of methoxy groups -OCH3 is 1. The zero-order chi connectivity index (χ0) is 21.7. The SMILES string of the molecule is COc1ccc(CN(C)CC(=O)N2CCC(Cc3nn(C)cc3C(N)=O)CC2)cc1. The number of carbonyl (C=O) groups is 2. The van der Waals surface area contributed by atoms with Crippen LogP contribution in [0.2, 0.25) is 0 Å². The molecule has 2 N–H and O–H groups in total. The molecule has 8 heteroatoms. The van der Waals surface area contributed by atoms with Crippen molar-refractivity contribution in [2.75, 3.05) is 33.8 Å². The quantitative estimate of drug-likeness (QED) is 0.707. The zero-order valence-corrected chi connectivity index (χ0v) is 18.0. The van der Waals surface area contributed by atoms with Crippen molar-refractivity contribution >= 4 is 11.8 Å². The van der Waals surface area contributed by atoms with Crippen LogP contribution >= 0.6 is 0 Å². The highest BCUT2D eigenvalue weighted by Crippen LogP contribution is 2.23. The van der Waals surface area contributed by atoms with Crippen molar-refractivity contribution in [2.45, 2.75) is 25.8 Å². The number of hydrogen-bond acceptors (Lipinski definition) is 5. The molecule has 0 unspecified atom stereocenters. The van der Waals surface area contributed by atoms with Crippen LogP contribution in [0.15, 0.2) is 30.5 Å². The number of likely N-dealkylation sites (tertiary alicyclic amines) is 1. The monoisotopic (exact) mass is 413 g/mol. The largest absolute Gasteiger partial charge is 0.497 e. The Balaban J connectivity index is 1.46. The number of aromatic nitrogens is 2. The lowest BCUT2D eigenvalue weighted by atomic mass is 9.91. The van der Waals surface area contributed by atoms with Gasteiger partial charge in [-0.15, -0.1) is 0 Å². The van der Waals surface area contributed by atoms with Crippen LogP contribution in [0, 0.1) is 5.92 Å². The molecule has 1 fully saturated rings. The van der Waals surface area contributed by atoms with Crippen LogP contribution in [0.25, 0.3) is 0 Å². The Morgan fingerprint density at radius 2 is 1.90 bits per heavy atom. The summed E-state index contributed by atoms with van der Waals surface area (Å²) in [5.41, 5.74) is 7.85. The first kappa shape index (κ1) is 21.8. The Bertz CT molecular complexity index is 869. The van der Waals surface area contributed by atoms with Crippen molar-refractivity contribution in [1.82, 2.24) is 19.6 Å². The fourth-order valence-electron chi connectivity index (χ4n) is 3.98. The second kappa shape index (κ2) is 9.75. The molecule has 2 heterocycles. The van der Waals surface area contributed by atoms with Gasteiger partial charge in [0.15, 0.2) is 0 Å². The van der Waals surface area contributed by atoms with E-state index in [9.17, 15) is 9.59 Å². The minimum absolute atomic E-state index is 0.153. The van der Waals surface area contributed by atoms with Crippen molar-refractivity contribution in [3.05, 3.63) is 47.3 Å². The van der Waals surface area contributed by atoms with Crippen LogP contribution in [-0.4, -0.2) is 65.2 Å². The van der Waals surface area contributed by atoms with E-state index in [1.807, 2.05) is 41.1 Å². The van der Waals surface area contributed by atoms with Crippen molar-refractivity contribution in [2.24, 2.45) is 18.7 Å². The number of amides is 2. The summed E-state index contributed by atoms with van der Waals surface area (Å²) in [5.74, 6) is 0.943. The summed E-state index contributed by atoms with van der Waals surface area (Å²) in [7, 11) is 5.40. The van der Waals surface area contributed by atoms with Gasteiger partial charge < -0.3 is 15.4 Å². The van der Waals surface area contributed by atoms with E-state index in [-0.39, 0.29) is 5.91 Å². The molecule has 162 valence electrons. The molecule has 0 radical (unpaired) electrons. The third kappa shape index (κ3) is 5.60. The first-order chi connectivity index (χ1) is 14.4. The number of likely N-dealkylation sites (N-methyl/N-ethyl adjacent to an activating group) is 1. The molecule has 1 aliphatic heterocycles. The van der Waals surface area contributed by atoms with E-state index in [0.29, 0.717) is 24.6 Å². The molecular weight excluding hydrogens is 382 g/mol. The summed E-state index contributed by atoms with van der Waals surface area (Å²) in [6.45, 7) is 2.57. The molecule has 0 bridgehead atoms. The number of ether oxygens (including phenoxy) is 1. The Labute approximate surface area is 177 Å². The maximum atomic E-state index is 12.7. The molecule has 3 rings (SSSR count). The van der Waals surface area contributed by atoms with Gasteiger partial charge in [0, 0.05) is 32.9 Å². The average molecular weight is 414 g/mol. The molecule has 0 spiro atoms. The van der Waals surface area contributed by atoms with Crippen molar-refractivity contribution in [3.8, 4) is 5.75 Å². The van der Waals surface area contributed by atoms with E-state index in [1.165, 1.54) is 0 Å². The summed E-state index contributed by atoms with van der Waals surface area (Å²) in [5, 5.41) is 4.39. The van der Waals surface area contributed by atoms with Crippen LogP contribution in [0.1, 0.15) is 34.5 Å². The lowest BCUT2D eigenvalue weighted by Gasteiger charge is -2.33. The Morgan fingerprint density at radius 1 is 1.23 bits per heavy atom. The molecular formula is C22H31N5O3. The van der Waals surface area contributed by atoms with Crippen LogP contribution in [0.4, 0.5) is 0 Å². The minimum atomic E-state index is -0.439. The highest BCUT2D eigenvalue weighted by molar-refractivity contribution is 5.93. The average Bonchev–Trinajstić information content (AvgIpc) is 3.09. The van der Waals surface area contributed by atoms with Crippen molar-refractivity contribution < 1.29 is 14.3 Å². The fraction of sp³-hybridized carbons (Fsp3) is 0.500. The lowest BCUT2D eigenvalue weighted by Crippen LogP contribution is -2.43. The highest BCUT2D eigenvalue weighted by atomic mass is 16.5. The molecule has 1 saturated heterocycles. The van der Waals surface area contributed by atoms with Crippen LogP contribution in [-0.2, 0) is 24.8 Å². The van der Waals surface area contributed by atoms with Gasteiger partial charge in [0.05, 0.1) is 24.9 Å². The number of piperidine rings is 1. The standard InChI is InChI=1S/C22H31N5O3/c1-25(13-17-4-6-18(30-3)7-5-17)15-21(28)27-10-8-16(9-11-27)12-20-19(22(23)29)14-26(2)24-20/h4-7,14,16H,8-13,15H2,1-3H3,(H2,23,29). The summed E-state index contributed by atoms with van der Waals surface area (Å²) >= 11 is 0. The fourth-order valence-corrected chi connectivity index (χ4v) is 3.98. The summed E-state index contributed by atoms with van der Waals surface area (Å²) in [6.07, 6.45) is 4.21. The van der Waals surface area contributed by atoms with Crippen molar-refractivity contribution in [1.29, 1.82) is 0 Å². The molecule has 2 aromatic rings. The number of rotatable bonds is 8. The highest BCUT2D eigenvalue weighted by Gasteiger charge is 2.25. The number of hydrogen-bond donors (Lipinski definition) is 1. The second-order valence-corrected chi connectivity index (χ2v) is 8.08. The molecule has 8 nitrogen and oxygen atoms in total. The van der Waals surface area contributed by atoms with E-state index in [2.05, 4.69) is 5.10 Å². The minimum Gasteiger partial charge on any atom is -0.497 e. The number of aryl methyl sites for hydroxylation is 1. The van der Waals surface area contributed by atoms with E-state index in [1.54, 1.807) is 25.0 Å². The molecule has 2 amide bonds. The van der Waals surface area contributed by atoms with E-state index < -0.39 is 5.91 Å². The molecule has 1 aliphatic rings. The molecule has 1 aromatic carbocycles. The smallest absolute Gasteiger partial charge is 0.252 e. The van der Waals surface area contributed by atoms with Gasteiger partial charge in [-0.3, -0.25) is 19.2 Å². The number of nitrogens with zero attached hydrogens (tertiary/aromatic N) is 4. The summed E-state index contributed by atoms with van der Waals surface area (Å²) in [6, 6.07) is 7.90. The zero-order valence-electron chi connectivity index (χ0n) is 18.0. The lowest BCUT2D eigenvalue weighted by molar-refractivity contribution is -0.133. The molecule has 0 aliphatic carbocycles. The predicted molar refractivity (Wildman–Crippen MR) is 114 cm³/mol. The Morgan fingerprint density at radius 3 is 2.50 bits per heavy atom. The van der Waals surface area contributed by atoms with Gasteiger partial charge in [0.2, 0.25) is 5.91 Å². The van der Waals surface area contributed by atoms with Crippen LogP contribution in [0.5, 0.6) is 5.75 Å². The summed E-state index contributed by atoms with van der Waals surface area (Å²) in [4.78, 5) is 28.3.